The van der Waals surface area contributed by atoms with Gasteiger partial charge in [0.05, 0.1) is 0 Å². The quantitative estimate of drug-likeness (QED) is 0.836. The molecule has 1 aromatic rings. The summed E-state index contributed by atoms with van der Waals surface area (Å²) in [6.45, 7) is 0.174. The summed E-state index contributed by atoms with van der Waals surface area (Å²) in [4.78, 5) is 11.6. The Morgan fingerprint density at radius 2 is 2.31 bits per heavy atom. The number of aromatic nitrogens is 2. The van der Waals surface area contributed by atoms with Gasteiger partial charge in [0.1, 0.15) is 11.6 Å². The Labute approximate surface area is 98.9 Å². The Morgan fingerprint density at radius 1 is 1.62 bits per heavy atom. The van der Waals surface area contributed by atoms with Gasteiger partial charge in [-0.2, -0.15) is 5.10 Å². The van der Waals surface area contributed by atoms with E-state index in [1.165, 1.54) is 17.5 Å². The van der Waals surface area contributed by atoms with Crippen molar-refractivity contribution in [3.05, 3.63) is 11.2 Å². The Morgan fingerprint density at radius 3 is 2.88 bits per heavy atom. The number of nitrogen functional groups attached to an aromatic ring is 1. The zero-order valence-electron chi connectivity index (χ0n) is 8.95. The van der Waals surface area contributed by atoms with Crippen molar-refractivity contribution < 1.29 is 4.79 Å². The first kappa shape index (κ1) is 11.3. The molecule has 0 aliphatic heterocycles. The van der Waals surface area contributed by atoms with E-state index in [1.807, 2.05) is 0 Å². The zero-order chi connectivity index (χ0) is 11.5. The minimum atomic E-state index is -0.0360. The second kappa shape index (κ2) is 4.74. The van der Waals surface area contributed by atoms with E-state index in [-0.39, 0.29) is 18.3 Å². The summed E-state index contributed by atoms with van der Waals surface area (Å²) in [7, 11) is 0. The number of hydrogen-bond acceptors (Lipinski definition) is 3. The van der Waals surface area contributed by atoms with Crippen molar-refractivity contribution in [1.82, 2.24) is 15.1 Å². The average molecular weight is 243 g/mol. The molecule has 0 saturated heterocycles. The van der Waals surface area contributed by atoms with Gasteiger partial charge in [0.25, 0.3) is 0 Å². The second-order valence-electron chi connectivity index (χ2n) is 4.11. The molecule has 88 valence electrons. The molecular formula is C10H15ClN4O. The summed E-state index contributed by atoms with van der Waals surface area (Å²) in [6, 6.07) is 0.330. The maximum atomic E-state index is 11.6. The normalized spacial score (nSPS) is 16.6. The molecule has 0 bridgehead atoms. The second-order valence-corrected chi connectivity index (χ2v) is 4.52. The van der Waals surface area contributed by atoms with E-state index in [0.717, 1.165) is 12.8 Å². The monoisotopic (exact) mass is 242 g/mol. The number of carbonyl (C=O) groups excluding carboxylic acids is 1. The highest BCUT2D eigenvalue weighted by Gasteiger charge is 2.17. The molecule has 1 aliphatic rings. The molecule has 16 heavy (non-hydrogen) atoms. The van der Waals surface area contributed by atoms with Crippen LogP contribution < -0.4 is 11.1 Å². The van der Waals surface area contributed by atoms with Crippen molar-refractivity contribution in [2.24, 2.45) is 0 Å². The van der Waals surface area contributed by atoms with Gasteiger partial charge in [-0.05, 0) is 12.8 Å². The van der Waals surface area contributed by atoms with Crippen molar-refractivity contribution in [3.63, 3.8) is 0 Å². The topological polar surface area (TPSA) is 72.9 Å². The van der Waals surface area contributed by atoms with E-state index < -0.39 is 0 Å². The van der Waals surface area contributed by atoms with Crippen LogP contribution in [0.15, 0.2) is 6.20 Å². The lowest BCUT2D eigenvalue weighted by molar-refractivity contribution is -0.122. The van der Waals surface area contributed by atoms with E-state index in [9.17, 15) is 4.79 Å². The number of nitrogens with one attached hydrogen (secondary N) is 1. The van der Waals surface area contributed by atoms with Crippen LogP contribution in [-0.2, 0) is 11.3 Å². The lowest BCUT2D eigenvalue weighted by Crippen LogP contribution is -2.35. The Bertz CT molecular complexity index is 365. The standard InChI is InChI=1S/C10H15ClN4O/c11-8-5-15(14-10(8)12)6-9(16)13-7-3-1-2-4-7/h5,7H,1-4,6H2,(H2,12,14)(H,13,16). The molecule has 1 aromatic heterocycles. The summed E-state index contributed by atoms with van der Waals surface area (Å²) in [6.07, 6.45) is 6.11. The average Bonchev–Trinajstić information content (AvgIpc) is 2.78. The van der Waals surface area contributed by atoms with E-state index >= 15 is 0 Å². The van der Waals surface area contributed by atoms with Crippen molar-refractivity contribution in [2.45, 2.75) is 38.3 Å². The van der Waals surface area contributed by atoms with Crippen molar-refractivity contribution in [3.8, 4) is 0 Å². The zero-order valence-corrected chi connectivity index (χ0v) is 9.70. The Balaban J connectivity index is 1.86. The molecule has 2 rings (SSSR count). The van der Waals surface area contributed by atoms with Gasteiger partial charge >= 0.3 is 0 Å². The van der Waals surface area contributed by atoms with Crippen LogP contribution in [0.25, 0.3) is 0 Å². The largest absolute Gasteiger partial charge is 0.381 e. The van der Waals surface area contributed by atoms with Crippen LogP contribution >= 0.6 is 11.6 Å². The van der Waals surface area contributed by atoms with E-state index in [1.54, 1.807) is 6.20 Å². The molecule has 1 heterocycles. The molecule has 0 atom stereocenters. The number of nitrogens with zero attached hydrogens (tertiary/aromatic N) is 2. The minimum Gasteiger partial charge on any atom is -0.381 e. The molecule has 0 aromatic carbocycles. The van der Waals surface area contributed by atoms with Crippen LogP contribution in [0.4, 0.5) is 5.82 Å². The van der Waals surface area contributed by atoms with Gasteiger partial charge in [0.2, 0.25) is 5.91 Å². The van der Waals surface area contributed by atoms with Crippen LogP contribution in [0.1, 0.15) is 25.7 Å². The third-order valence-corrected chi connectivity index (χ3v) is 3.06. The fourth-order valence-corrected chi connectivity index (χ4v) is 2.13. The van der Waals surface area contributed by atoms with Gasteiger partial charge in [0, 0.05) is 12.2 Å². The fraction of sp³-hybridized carbons (Fsp3) is 0.600. The predicted octanol–water partition coefficient (Wildman–Crippen LogP) is 1.18. The van der Waals surface area contributed by atoms with Gasteiger partial charge in [-0.1, -0.05) is 24.4 Å². The highest BCUT2D eigenvalue weighted by Crippen LogP contribution is 2.18. The van der Waals surface area contributed by atoms with Crippen LogP contribution in [0.2, 0.25) is 5.02 Å². The van der Waals surface area contributed by atoms with Crippen LogP contribution in [-0.4, -0.2) is 21.7 Å². The molecule has 0 radical (unpaired) electrons. The third kappa shape index (κ3) is 2.66. The Kier molecular flexibility index (Phi) is 3.33. The smallest absolute Gasteiger partial charge is 0.241 e. The summed E-state index contributed by atoms with van der Waals surface area (Å²) >= 11 is 5.74. The van der Waals surface area contributed by atoms with Crippen LogP contribution in [0.3, 0.4) is 0 Å². The van der Waals surface area contributed by atoms with Gasteiger partial charge in [-0.25, -0.2) is 0 Å². The van der Waals surface area contributed by atoms with Crippen LogP contribution in [0, 0.1) is 0 Å². The maximum absolute atomic E-state index is 11.6. The molecule has 0 unspecified atom stereocenters. The summed E-state index contributed by atoms with van der Waals surface area (Å²) in [5, 5.41) is 7.28. The summed E-state index contributed by atoms with van der Waals surface area (Å²) < 4.78 is 1.46. The lowest BCUT2D eigenvalue weighted by atomic mass is 10.2. The van der Waals surface area contributed by atoms with Crippen molar-refractivity contribution in [2.75, 3.05) is 5.73 Å². The highest BCUT2D eigenvalue weighted by atomic mass is 35.5. The third-order valence-electron chi connectivity index (χ3n) is 2.77. The van der Waals surface area contributed by atoms with Crippen molar-refractivity contribution >= 4 is 23.3 Å². The first-order valence-corrected chi connectivity index (χ1v) is 5.81. The molecular weight excluding hydrogens is 228 g/mol. The van der Waals surface area contributed by atoms with E-state index in [2.05, 4.69) is 10.4 Å². The van der Waals surface area contributed by atoms with Gasteiger partial charge < -0.3 is 11.1 Å². The van der Waals surface area contributed by atoms with Gasteiger partial charge in [0.15, 0.2) is 5.82 Å². The SMILES string of the molecule is Nc1nn(CC(=O)NC2CCCC2)cc1Cl. The van der Waals surface area contributed by atoms with E-state index in [0.29, 0.717) is 11.1 Å². The Hall–Kier alpha value is -1.23. The van der Waals surface area contributed by atoms with Gasteiger partial charge in [-0.15, -0.1) is 0 Å². The molecule has 1 saturated carbocycles. The summed E-state index contributed by atoms with van der Waals surface area (Å²) in [5.41, 5.74) is 5.48. The molecule has 1 amide bonds. The molecule has 0 spiro atoms. The number of carbonyl (C=O) groups is 1. The number of amides is 1. The molecule has 6 heteroatoms. The number of halogens is 1. The minimum absolute atomic E-state index is 0.0360. The van der Waals surface area contributed by atoms with Gasteiger partial charge in [-0.3, -0.25) is 9.48 Å². The molecule has 3 N–H and O–H groups in total. The van der Waals surface area contributed by atoms with Crippen molar-refractivity contribution in [1.29, 1.82) is 0 Å². The maximum Gasteiger partial charge on any atom is 0.241 e. The number of nitrogens with two attached hydrogens (primary N) is 1. The van der Waals surface area contributed by atoms with Crippen LogP contribution in [0.5, 0.6) is 0 Å². The predicted molar refractivity (Wildman–Crippen MR) is 62.0 cm³/mol. The molecule has 5 nitrogen and oxygen atoms in total. The van der Waals surface area contributed by atoms with E-state index in [4.69, 9.17) is 17.3 Å². The summed E-state index contributed by atoms with van der Waals surface area (Å²) in [5.74, 6) is 0.224. The number of rotatable bonds is 3. The molecule has 1 fully saturated rings. The molecule has 1 aliphatic carbocycles. The lowest BCUT2D eigenvalue weighted by Gasteiger charge is -2.11. The number of anilines is 1. The fourth-order valence-electron chi connectivity index (χ4n) is 1.98. The first-order valence-electron chi connectivity index (χ1n) is 5.43. The first-order chi connectivity index (χ1) is 7.65. The highest BCUT2D eigenvalue weighted by molar-refractivity contribution is 6.32. The number of hydrogen-bond donors (Lipinski definition) is 2.